The van der Waals surface area contributed by atoms with E-state index in [1.165, 1.54) is 36.9 Å². The fourth-order valence-electron chi connectivity index (χ4n) is 3.16. The molecule has 1 saturated carbocycles. The van der Waals surface area contributed by atoms with E-state index in [0.717, 1.165) is 18.2 Å². The predicted molar refractivity (Wildman–Crippen MR) is 81.6 cm³/mol. The third-order valence-electron chi connectivity index (χ3n) is 4.49. The van der Waals surface area contributed by atoms with Crippen LogP contribution in [0, 0.1) is 6.92 Å². The Hall–Kier alpha value is -1.61. The van der Waals surface area contributed by atoms with Gasteiger partial charge in [-0.1, -0.05) is 30.3 Å². The highest BCUT2D eigenvalue weighted by Crippen LogP contribution is 2.32. The molecule has 0 bridgehead atoms. The van der Waals surface area contributed by atoms with Crippen LogP contribution in [0.2, 0.25) is 0 Å². The third kappa shape index (κ3) is 3.10. The molecular weight excluding hydrogens is 246 g/mol. The second-order valence-corrected chi connectivity index (χ2v) is 5.81. The van der Waals surface area contributed by atoms with Crippen LogP contribution in [0.5, 0.6) is 0 Å². The molecule has 3 nitrogen and oxygen atoms in total. The molecule has 0 atom stereocenters. The van der Waals surface area contributed by atoms with Crippen molar-refractivity contribution >= 4 is 0 Å². The summed E-state index contributed by atoms with van der Waals surface area (Å²) in [6, 6.07) is 11.6. The van der Waals surface area contributed by atoms with Gasteiger partial charge < -0.3 is 10.3 Å². The summed E-state index contributed by atoms with van der Waals surface area (Å²) >= 11 is 0. The van der Waals surface area contributed by atoms with Crippen molar-refractivity contribution in [2.24, 2.45) is 0 Å². The summed E-state index contributed by atoms with van der Waals surface area (Å²) in [7, 11) is 0. The van der Waals surface area contributed by atoms with E-state index in [1.54, 1.807) is 6.33 Å². The van der Waals surface area contributed by atoms with Crippen molar-refractivity contribution < 1.29 is 0 Å². The molecule has 1 aliphatic rings. The molecule has 3 heteroatoms. The molecule has 2 aromatic rings. The van der Waals surface area contributed by atoms with Gasteiger partial charge in [-0.3, -0.25) is 0 Å². The Labute approximate surface area is 120 Å². The first-order valence-corrected chi connectivity index (χ1v) is 7.60. The Morgan fingerprint density at radius 3 is 2.55 bits per heavy atom. The fourth-order valence-corrected chi connectivity index (χ4v) is 3.16. The maximum absolute atomic E-state index is 4.34. The normalized spacial score (nSPS) is 22.9. The highest BCUT2D eigenvalue weighted by Gasteiger charge is 2.22. The van der Waals surface area contributed by atoms with Crippen molar-refractivity contribution in [2.45, 2.75) is 51.1 Å². The first-order valence-electron chi connectivity index (χ1n) is 7.60. The molecule has 1 aromatic heterocycles. The van der Waals surface area contributed by atoms with Gasteiger partial charge in [-0.25, -0.2) is 4.98 Å². The topological polar surface area (TPSA) is 40.7 Å². The number of rotatable bonds is 4. The van der Waals surface area contributed by atoms with Crippen molar-refractivity contribution in [1.82, 2.24) is 15.3 Å². The van der Waals surface area contributed by atoms with Gasteiger partial charge in [0.25, 0.3) is 0 Å². The standard InChI is InChI=1S/C17H23N3/c1-13-17(20-12-19-13)11-18-16-9-7-15(8-10-16)14-5-3-2-4-6-14/h2-6,12,15-16,18H,7-11H2,1H3,(H,19,20). The van der Waals surface area contributed by atoms with Gasteiger partial charge in [0.15, 0.2) is 0 Å². The number of aromatic nitrogens is 2. The summed E-state index contributed by atoms with van der Waals surface area (Å²) in [6.45, 7) is 2.96. The Bertz CT molecular complexity index is 524. The number of nitrogens with one attached hydrogen (secondary N) is 2. The fraction of sp³-hybridized carbons (Fsp3) is 0.471. The Morgan fingerprint density at radius 2 is 1.90 bits per heavy atom. The van der Waals surface area contributed by atoms with Crippen molar-refractivity contribution in [2.75, 3.05) is 0 Å². The van der Waals surface area contributed by atoms with Crippen LogP contribution in [-0.4, -0.2) is 16.0 Å². The zero-order valence-corrected chi connectivity index (χ0v) is 12.1. The Kier molecular flexibility index (Phi) is 4.16. The van der Waals surface area contributed by atoms with E-state index in [4.69, 9.17) is 0 Å². The molecule has 20 heavy (non-hydrogen) atoms. The van der Waals surface area contributed by atoms with Crippen LogP contribution in [0.25, 0.3) is 0 Å². The monoisotopic (exact) mass is 269 g/mol. The van der Waals surface area contributed by atoms with Crippen molar-refractivity contribution in [3.63, 3.8) is 0 Å². The number of nitrogens with zero attached hydrogens (tertiary/aromatic N) is 1. The second-order valence-electron chi connectivity index (χ2n) is 5.81. The van der Waals surface area contributed by atoms with Gasteiger partial charge in [0.1, 0.15) is 0 Å². The van der Waals surface area contributed by atoms with E-state index in [9.17, 15) is 0 Å². The Morgan fingerprint density at radius 1 is 1.15 bits per heavy atom. The van der Waals surface area contributed by atoms with Gasteiger partial charge >= 0.3 is 0 Å². The van der Waals surface area contributed by atoms with E-state index >= 15 is 0 Å². The van der Waals surface area contributed by atoms with Gasteiger partial charge in [-0.05, 0) is 44.1 Å². The minimum Gasteiger partial charge on any atom is -0.348 e. The van der Waals surface area contributed by atoms with Crippen LogP contribution in [0.15, 0.2) is 36.7 Å². The lowest BCUT2D eigenvalue weighted by molar-refractivity contribution is 0.340. The molecule has 0 saturated heterocycles. The molecule has 0 radical (unpaired) electrons. The molecule has 1 heterocycles. The van der Waals surface area contributed by atoms with Crippen LogP contribution in [0.3, 0.4) is 0 Å². The molecule has 106 valence electrons. The van der Waals surface area contributed by atoms with Crippen molar-refractivity contribution in [3.05, 3.63) is 53.6 Å². The highest BCUT2D eigenvalue weighted by atomic mass is 15.0. The second kappa shape index (κ2) is 6.23. The molecular formula is C17H23N3. The summed E-state index contributed by atoms with van der Waals surface area (Å²) in [4.78, 5) is 7.48. The molecule has 0 amide bonds. The van der Waals surface area contributed by atoms with Gasteiger partial charge in [0, 0.05) is 18.3 Å². The molecule has 2 N–H and O–H groups in total. The molecule has 0 unspecified atom stereocenters. The zero-order valence-electron chi connectivity index (χ0n) is 12.1. The van der Waals surface area contributed by atoms with Crippen LogP contribution in [0.1, 0.15) is 48.6 Å². The maximum Gasteiger partial charge on any atom is 0.0925 e. The summed E-state index contributed by atoms with van der Waals surface area (Å²) in [5, 5.41) is 3.65. The van der Waals surface area contributed by atoms with Crippen molar-refractivity contribution in [1.29, 1.82) is 0 Å². The van der Waals surface area contributed by atoms with Crippen molar-refractivity contribution in [3.8, 4) is 0 Å². The molecule has 1 aliphatic carbocycles. The zero-order chi connectivity index (χ0) is 13.8. The average molecular weight is 269 g/mol. The largest absolute Gasteiger partial charge is 0.348 e. The molecule has 1 aromatic carbocycles. The van der Waals surface area contributed by atoms with E-state index in [1.807, 2.05) is 0 Å². The quantitative estimate of drug-likeness (QED) is 0.891. The average Bonchev–Trinajstić information content (AvgIpc) is 2.92. The third-order valence-corrected chi connectivity index (χ3v) is 4.49. The van der Waals surface area contributed by atoms with E-state index in [0.29, 0.717) is 6.04 Å². The smallest absolute Gasteiger partial charge is 0.0925 e. The molecule has 3 rings (SSSR count). The number of hydrogen-bond acceptors (Lipinski definition) is 2. The molecule has 0 spiro atoms. The SMILES string of the molecule is Cc1[nH]cnc1CNC1CCC(c2ccccc2)CC1. The van der Waals surface area contributed by atoms with Crippen LogP contribution in [0.4, 0.5) is 0 Å². The van der Waals surface area contributed by atoms with E-state index in [2.05, 4.69) is 52.5 Å². The van der Waals surface area contributed by atoms with Gasteiger partial charge in [0.05, 0.1) is 12.0 Å². The summed E-state index contributed by atoms with van der Waals surface area (Å²) in [5.41, 5.74) is 3.83. The first-order chi connectivity index (χ1) is 9.83. The lowest BCUT2D eigenvalue weighted by atomic mass is 9.82. The maximum atomic E-state index is 4.34. The van der Waals surface area contributed by atoms with Crippen LogP contribution in [-0.2, 0) is 6.54 Å². The minimum atomic E-state index is 0.645. The summed E-state index contributed by atoms with van der Waals surface area (Å²) in [6.07, 6.45) is 6.90. The lowest BCUT2D eigenvalue weighted by Crippen LogP contribution is -2.32. The number of imidazole rings is 1. The van der Waals surface area contributed by atoms with E-state index in [-0.39, 0.29) is 0 Å². The number of hydrogen-bond donors (Lipinski definition) is 2. The predicted octanol–water partition coefficient (Wildman–Crippen LogP) is 3.53. The lowest BCUT2D eigenvalue weighted by Gasteiger charge is -2.29. The van der Waals surface area contributed by atoms with Gasteiger partial charge in [-0.15, -0.1) is 0 Å². The number of aryl methyl sites for hydroxylation is 1. The van der Waals surface area contributed by atoms with Gasteiger partial charge in [-0.2, -0.15) is 0 Å². The molecule has 0 aliphatic heterocycles. The minimum absolute atomic E-state index is 0.645. The van der Waals surface area contributed by atoms with Crippen LogP contribution < -0.4 is 5.32 Å². The highest BCUT2D eigenvalue weighted by molar-refractivity contribution is 5.20. The summed E-state index contributed by atoms with van der Waals surface area (Å²) in [5.74, 6) is 0.751. The number of benzene rings is 1. The number of aromatic amines is 1. The number of H-pyrrole nitrogens is 1. The summed E-state index contributed by atoms with van der Waals surface area (Å²) < 4.78 is 0. The van der Waals surface area contributed by atoms with Gasteiger partial charge in [0.2, 0.25) is 0 Å². The van der Waals surface area contributed by atoms with E-state index < -0.39 is 0 Å². The first kappa shape index (κ1) is 13.4. The van der Waals surface area contributed by atoms with Crippen LogP contribution >= 0.6 is 0 Å². The Balaban J connectivity index is 1.48. The molecule has 1 fully saturated rings.